The lowest BCUT2D eigenvalue weighted by atomic mass is 10.1. The number of nitrogens with zero attached hydrogens (tertiary/aromatic N) is 1. The van der Waals surface area contributed by atoms with Gasteiger partial charge < -0.3 is 9.55 Å². The Morgan fingerprint density at radius 2 is 2.04 bits per heavy atom. The van der Waals surface area contributed by atoms with Gasteiger partial charge in [-0.3, -0.25) is 20.4 Å². The molecule has 2 aromatic heterocycles. The molecule has 0 bridgehead atoms. The number of aromatic nitrogens is 2. The highest BCUT2D eigenvalue weighted by Gasteiger charge is 2.13. The Labute approximate surface area is 141 Å². The van der Waals surface area contributed by atoms with Gasteiger partial charge in [-0.2, -0.15) is 0 Å². The van der Waals surface area contributed by atoms with Gasteiger partial charge in [0.05, 0.1) is 6.42 Å². The number of rotatable bonds is 3. The van der Waals surface area contributed by atoms with Crippen LogP contribution in [0.2, 0.25) is 0 Å². The van der Waals surface area contributed by atoms with Crippen LogP contribution >= 0.6 is 15.9 Å². The average Bonchev–Trinajstić information content (AvgIpc) is 3.08. The van der Waals surface area contributed by atoms with Gasteiger partial charge in [0.15, 0.2) is 0 Å². The number of carbonyl (C=O) groups is 2. The third kappa shape index (κ3) is 3.29. The monoisotopic (exact) mass is 374 g/mol. The molecule has 23 heavy (non-hydrogen) atoms. The van der Waals surface area contributed by atoms with Crippen molar-refractivity contribution in [3.8, 4) is 0 Å². The first-order chi connectivity index (χ1) is 11.0. The molecule has 6 nitrogen and oxygen atoms in total. The van der Waals surface area contributed by atoms with E-state index < -0.39 is 0 Å². The minimum Gasteiger partial charge on any atom is -0.361 e. The molecule has 0 unspecified atom stereocenters. The van der Waals surface area contributed by atoms with Crippen LogP contribution in [0.15, 0.2) is 47.2 Å². The normalized spacial score (nSPS) is 10.7. The summed E-state index contributed by atoms with van der Waals surface area (Å²) in [5.74, 6) is -0.651. The van der Waals surface area contributed by atoms with E-state index in [0.29, 0.717) is 5.69 Å². The summed E-state index contributed by atoms with van der Waals surface area (Å²) < 4.78 is 2.47. The lowest BCUT2D eigenvalue weighted by Crippen LogP contribution is -2.42. The molecule has 1 aromatic carbocycles. The van der Waals surface area contributed by atoms with Crippen LogP contribution in [0.3, 0.4) is 0 Å². The van der Waals surface area contributed by atoms with Crippen LogP contribution in [0.1, 0.15) is 16.1 Å². The van der Waals surface area contributed by atoms with E-state index in [9.17, 15) is 9.59 Å². The molecule has 7 heteroatoms. The van der Waals surface area contributed by atoms with Crippen molar-refractivity contribution in [1.29, 1.82) is 0 Å². The van der Waals surface area contributed by atoms with Gasteiger partial charge in [0.2, 0.25) is 5.91 Å². The Hall–Kier alpha value is -2.54. The molecule has 0 aliphatic heterocycles. The lowest BCUT2D eigenvalue weighted by Gasteiger charge is -2.07. The molecule has 118 valence electrons. The molecule has 3 rings (SSSR count). The van der Waals surface area contributed by atoms with Gasteiger partial charge in [0.1, 0.15) is 5.69 Å². The molecule has 0 radical (unpaired) electrons. The maximum Gasteiger partial charge on any atom is 0.286 e. The van der Waals surface area contributed by atoms with E-state index in [1.807, 2.05) is 24.3 Å². The number of amides is 2. The van der Waals surface area contributed by atoms with Crippen molar-refractivity contribution in [1.82, 2.24) is 20.4 Å². The van der Waals surface area contributed by atoms with Crippen molar-refractivity contribution < 1.29 is 9.59 Å². The standard InChI is InChI=1S/C16H15BrN4O2/c1-21-9-11(17)7-14(21)16(23)20-19-15(22)6-10-8-18-13-5-3-2-4-12(10)13/h2-5,7-9,18H,6H2,1H3,(H,19,22)(H,20,23). The molecule has 3 aromatic rings. The van der Waals surface area contributed by atoms with Gasteiger partial charge in [-0.15, -0.1) is 0 Å². The second-order valence-electron chi connectivity index (χ2n) is 5.19. The van der Waals surface area contributed by atoms with Crippen LogP contribution < -0.4 is 10.9 Å². The summed E-state index contributed by atoms with van der Waals surface area (Å²) in [5.41, 5.74) is 7.17. The molecular formula is C16H15BrN4O2. The highest BCUT2D eigenvalue weighted by Crippen LogP contribution is 2.18. The molecule has 0 atom stereocenters. The Balaban J connectivity index is 1.61. The summed E-state index contributed by atoms with van der Waals surface area (Å²) in [4.78, 5) is 27.2. The second-order valence-corrected chi connectivity index (χ2v) is 6.11. The summed E-state index contributed by atoms with van der Waals surface area (Å²) in [6.45, 7) is 0. The van der Waals surface area contributed by atoms with E-state index in [2.05, 4.69) is 31.8 Å². The number of nitrogens with one attached hydrogen (secondary N) is 3. The average molecular weight is 375 g/mol. The number of H-pyrrole nitrogens is 1. The van der Waals surface area contributed by atoms with Crippen LogP contribution in [-0.4, -0.2) is 21.4 Å². The van der Waals surface area contributed by atoms with E-state index in [1.54, 1.807) is 30.1 Å². The van der Waals surface area contributed by atoms with Crippen molar-refractivity contribution in [3.05, 3.63) is 58.5 Å². The maximum atomic E-state index is 12.0. The quantitative estimate of drug-likeness (QED) is 0.614. The minimum atomic E-state index is -0.370. The largest absolute Gasteiger partial charge is 0.361 e. The summed E-state index contributed by atoms with van der Waals surface area (Å²) in [5, 5.41) is 1.00. The van der Waals surface area contributed by atoms with Crippen LogP contribution in [0.5, 0.6) is 0 Å². The fourth-order valence-electron chi connectivity index (χ4n) is 2.44. The van der Waals surface area contributed by atoms with Crippen LogP contribution in [-0.2, 0) is 18.3 Å². The minimum absolute atomic E-state index is 0.182. The molecule has 2 amide bonds. The van der Waals surface area contributed by atoms with Crippen molar-refractivity contribution in [3.63, 3.8) is 0 Å². The van der Waals surface area contributed by atoms with Crippen LogP contribution in [0, 0.1) is 0 Å². The van der Waals surface area contributed by atoms with Crippen molar-refractivity contribution in [2.24, 2.45) is 7.05 Å². The molecular weight excluding hydrogens is 360 g/mol. The number of halogens is 1. The summed E-state index contributed by atoms with van der Waals surface area (Å²) >= 11 is 3.30. The molecule has 2 heterocycles. The number of carbonyl (C=O) groups excluding carboxylic acids is 2. The predicted molar refractivity (Wildman–Crippen MR) is 90.7 cm³/mol. The molecule has 0 spiro atoms. The molecule has 3 N–H and O–H groups in total. The topological polar surface area (TPSA) is 78.9 Å². The Morgan fingerprint density at radius 3 is 2.78 bits per heavy atom. The maximum absolute atomic E-state index is 12.0. The third-order valence-electron chi connectivity index (χ3n) is 3.55. The molecule has 0 fully saturated rings. The summed E-state index contributed by atoms with van der Waals surface area (Å²) in [6.07, 6.45) is 3.75. The van der Waals surface area contributed by atoms with Gasteiger partial charge >= 0.3 is 0 Å². The molecule has 0 aliphatic carbocycles. The van der Waals surface area contributed by atoms with Gasteiger partial charge in [-0.1, -0.05) is 18.2 Å². The fourth-order valence-corrected chi connectivity index (χ4v) is 2.96. The number of hydrogen-bond acceptors (Lipinski definition) is 2. The van der Waals surface area contributed by atoms with E-state index in [4.69, 9.17) is 0 Å². The number of fused-ring (bicyclic) bond motifs is 1. The zero-order chi connectivity index (χ0) is 16.4. The summed E-state index contributed by atoms with van der Waals surface area (Å²) in [6, 6.07) is 9.44. The van der Waals surface area contributed by atoms with Crippen LogP contribution in [0.4, 0.5) is 0 Å². The number of para-hydroxylation sites is 1. The highest BCUT2D eigenvalue weighted by atomic mass is 79.9. The number of benzene rings is 1. The fraction of sp³-hybridized carbons (Fsp3) is 0.125. The molecule has 0 saturated carbocycles. The first-order valence-corrected chi connectivity index (χ1v) is 7.80. The first kappa shape index (κ1) is 15.4. The van der Waals surface area contributed by atoms with Gasteiger partial charge in [0, 0.05) is 34.8 Å². The first-order valence-electron chi connectivity index (χ1n) is 7.00. The van der Waals surface area contributed by atoms with Gasteiger partial charge in [0.25, 0.3) is 5.91 Å². The van der Waals surface area contributed by atoms with E-state index in [-0.39, 0.29) is 18.2 Å². The van der Waals surface area contributed by atoms with E-state index >= 15 is 0 Å². The predicted octanol–water partition coefficient (Wildman–Crippen LogP) is 2.27. The number of aromatic amines is 1. The smallest absolute Gasteiger partial charge is 0.286 e. The SMILES string of the molecule is Cn1cc(Br)cc1C(=O)NNC(=O)Cc1c[nH]c2ccccc12. The number of aryl methyl sites for hydroxylation is 1. The summed E-state index contributed by atoms with van der Waals surface area (Å²) in [7, 11) is 1.76. The van der Waals surface area contributed by atoms with Gasteiger partial charge in [-0.05, 0) is 33.6 Å². The number of hydrazine groups is 1. The third-order valence-corrected chi connectivity index (χ3v) is 3.98. The zero-order valence-electron chi connectivity index (χ0n) is 12.4. The van der Waals surface area contributed by atoms with Gasteiger partial charge in [-0.25, -0.2) is 0 Å². The molecule has 0 aliphatic rings. The second kappa shape index (κ2) is 6.29. The van der Waals surface area contributed by atoms with E-state index in [0.717, 1.165) is 20.9 Å². The lowest BCUT2D eigenvalue weighted by molar-refractivity contribution is -0.121. The Morgan fingerprint density at radius 1 is 1.26 bits per heavy atom. The highest BCUT2D eigenvalue weighted by molar-refractivity contribution is 9.10. The number of hydrogen-bond donors (Lipinski definition) is 3. The molecule has 0 saturated heterocycles. The van der Waals surface area contributed by atoms with Crippen molar-refractivity contribution in [2.45, 2.75) is 6.42 Å². The van der Waals surface area contributed by atoms with Crippen molar-refractivity contribution in [2.75, 3.05) is 0 Å². The van der Waals surface area contributed by atoms with Crippen LogP contribution in [0.25, 0.3) is 10.9 Å². The Bertz CT molecular complexity index is 881. The van der Waals surface area contributed by atoms with Crippen molar-refractivity contribution >= 4 is 38.6 Å². The van der Waals surface area contributed by atoms with E-state index in [1.165, 1.54) is 0 Å². The Kier molecular flexibility index (Phi) is 4.20. The zero-order valence-corrected chi connectivity index (χ0v) is 14.0.